The molecule has 2 rings (SSSR count). The number of amides is 1. The molecule has 25 heavy (non-hydrogen) atoms. The molecule has 0 saturated carbocycles. The molecule has 1 amide bonds. The van der Waals surface area contributed by atoms with E-state index in [9.17, 15) is 4.79 Å². The quantitative estimate of drug-likeness (QED) is 0.540. The first-order valence-electron chi connectivity index (χ1n) is 9.30. The van der Waals surface area contributed by atoms with Crippen LogP contribution in [0.25, 0.3) is 0 Å². The minimum Gasteiger partial charge on any atom is -0.494 e. The highest BCUT2D eigenvalue weighted by Gasteiger charge is 2.06. The Labute approximate surface area is 151 Å². The van der Waals surface area contributed by atoms with Crippen molar-refractivity contribution in [1.29, 1.82) is 0 Å². The van der Waals surface area contributed by atoms with Gasteiger partial charge in [0, 0.05) is 11.3 Å². The van der Waals surface area contributed by atoms with Gasteiger partial charge in [0.15, 0.2) is 0 Å². The normalized spacial score (nSPS) is 10.5. The summed E-state index contributed by atoms with van der Waals surface area (Å²) in [4.78, 5) is 12.2. The summed E-state index contributed by atoms with van der Waals surface area (Å²) in [5.74, 6) is 0.715. The fourth-order valence-corrected chi connectivity index (χ4v) is 2.62. The standard InChI is InChI=1S/C22H29NO2/c1-3-4-5-6-7-8-17-25-21-15-11-19(12-16-21)22(24)23-20-13-9-18(2)10-14-20/h9-16H,3-8,17H2,1-2H3,(H,23,24). The summed E-state index contributed by atoms with van der Waals surface area (Å²) in [6.45, 7) is 4.99. The van der Waals surface area contributed by atoms with Crippen molar-refractivity contribution >= 4 is 11.6 Å². The Balaban J connectivity index is 1.73. The van der Waals surface area contributed by atoms with Crippen LogP contribution >= 0.6 is 0 Å². The number of nitrogens with one attached hydrogen (secondary N) is 1. The van der Waals surface area contributed by atoms with Crippen molar-refractivity contribution in [2.45, 2.75) is 52.4 Å². The van der Waals surface area contributed by atoms with Crippen LogP contribution in [0.2, 0.25) is 0 Å². The van der Waals surface area contributed by atoms with Crippen LogP contribution in [0.5, 0.6) is 5.75 Å². The lowest BCUT2D eigenvalue weighted by Gasteiger charge is -2.08. The summed E-state index contributed by atoms with van der Waals surface area (Å²) in [6, 6.07) is 15.1. The molecular weight excluding hydrogens is 310 g/mol. The van der Waals surface area contributed by atoms with E-state index in [-0.39, 0.29) is 5.91 Å². The van der Waals surface area contributed by atoms with Crippen molar-refractivity contribution in [2.24, 2.45) is 0 Å². The van der Waals surface area contributed by atoms with Gasteiger partial charge in [-0.15, -0.1) is 0 Å². The van der Waals surface area contributed by atoms with Gasteiger partial charge < -0.3 is 10.1 Å². The van der Waals surface area contributed by atoms with Gasteiger partial charge >= 0.3 is 0 Å². The molecule has 3 heteroatoms. The van der Waals surface area contributed by atoms with E-state index in [1.807, 2.05) is 43.3 Å². The highest BCUT2D eigenvalue weighted by molar-refractivity contribution is 6.04. The first-order valence-corrected chi connectivity index (χ1v) is 9.30. The molecule has 2 aromatic carbocycles. The van der Waals surface area contributed by atoms with Gasteiger partial charge in [-0.1, -0.05) is 56.7 Å². The molecule has 0 aliphatic carbocycles. The zero-order valence-corrected chi connectivity index (χ0v) is 15.4. The van der Waals surface area contributed by atoms with Gasteiger partial charge in [-0.05, 0) is 49.7 Å². The molecule has 3 nitrogen and oxygen atoms in total. The van der Waals surface area contributed by atoms with Crippen LogP contribution in [0.4, 0.5) is 5.69 Å². The number of rotatable bonds is 10. The second-order valence-electron chi connectivity index (χ2n) is 6.46. The maximum absolute atomic E-state index is 12.2. The predicted octanol–water partition coefficient (Wildman–Crippen LogP) is 5.99. The number of benzene rings is 2. The monoisotopic (exact) mass is 339 g/mol. The number of unbranched alkanes of at least 4 members (excludes halogenated alkanes) is 5. The Kier molecular flexibility index (Phi) is 8.03. The minimum atomic E-state index is -0.105. The molecule has 134 valence electrons. The molecule has 0 aromatic heterocycles. The van der Waals surface area contributed by atoms with E-state index in [0.717, 1.165) is 24.5 Å². The molecule has 0 spiro atoms. The summed E-state index contributed by atoms with van der Waals surface area (Å²) >= 11 is 0. The summed E-state index contributed by atoms with van der Waals surface area (Å²) in [7, 11) is 0. The van der Waals surface area contributed by atoms with E-state index >= 15 is 0 Å². The number of hydrogen-bond acceptors (Lipinski definition) is 2. The van der Waals surface area contributed by atoms with E-state index in [4.69, 9.17) is 4.74 Å². The number of hydrogen-bond donors (Lipinski definition) is 1. The molecule has 0 aliphatic rings. The number of anilines is 1. The Hall–Kier alpha value is -2.29. The zero-order chi connectivity index (χ0) is 17.9. The summed E-state index contributed by atoms with van der Waals surface area (Å²) in [5, 5.41) is 2.90. The Morgan fingerprint density at radius 1 is 0.880 bits per heavy atom. The summed E-state index contributed by atoms with van der Waals surface area (Å²) < 4.78 is 5.75. The molecule has 0 heterocycles. The van der Waals surface area contributed by atoms with Crippen molar-refractivity contribution in [2.75, 3.05) is 11.9 Å². The van der Waals surface area contributed by atoms with E-state index in [1.165, 1.54) is 37.7 Å². The molecule has 2 aromatic rings. The third-order valence-corrected chi connectivity index (χ3v) is 4.19. The van der Waals surface area contributed by atoms with Crippen LogP contribution in [-0.2, 0) is 0 Å². The maximum atomic E-state index is 12.2. The lowest BCUT2D eigenvalue weighted by atomic mass is 10.1. The fourth-order valence-electron chi connectivity index (χ4n) is 2.62. The van der Waals surface area contributed by atoms with Crippen LogP contribution in [0, 0.1) is 6.92 Å². The number of ether oxygens (including phenoxy) is 1. The fraction of sp³-hybridized carbons (Fsp3) is 0.409. The molecule has 0 saturated heterocycles. The second-order valence-corrected chi connectivity index (χ2v) is 6.46. The van der Waals surface area contributed by atoms with Crippen molar-refractivity contribution in [3.05, 3.63) is 59.7 Å². The Bertz CT molecular complexity index is 632. The van der Waals surface area contributed by atoms with Crippen molar-refractivity contribution in [1.82, 2.24) is 0 Å². The molecule has 0 bridgehead atoms. The largest absolute Gasteiger partial charge is 0.494 e. The number of carbonyl (C=O) groups excluding carboxylic acids is 1. The molecule has 0 unspecified atom stereocenters. The third kappa shape index (κ3) is 7.00. The molecular formula is C22H29NO2. The average Bonchev–Trinajstić information content (AvgIpc) is 2.63. The zero-order valence-electron chi connectivity index (χ0n) is 15.4. The SMILES string of the molecule is CCCCCCCCOc1ccc(C(=O)Nc2ccc(C)cc2)cc1. The molecule has 1 N–H and O–H groups in total. The minimum absolute atomic E-state index is 0.105. The van der Waals surface area contributed by atoms with Crippen molar-refractivity contribution < 1.29 is 9.53 Å². The van der Waals surface area contributed by atoms with E-state index in [0.29, 0.717) is 5.56 Å². The number of carbonyl (C=O) groups is 1. The predicted molar refractivity (Wildman–Crippen MR) is 104 cm³/mol. The Morgan fingerprint density at radius 2 is 1.52 bits per heavy atom. The van der Waals surface area contributed by atoms with Crippen LogP contribution in [-0.4, -0.2) is 12.5 Å². The highest BCUT2D eigenvalue weighted by atomic mass is 16.5. The van der Waals surface area contributed by atoms with Gasteiger partial charge in [0.2, 0.25) is 0 Å². The van der Waals surface area contributed by atoms with Crippen LogP contribution < -0.4 is 10.1 Å². The Morgan fingerprint density at radius 3 is 2.20 bits per heavy atom. The van der Waals surface area contributed by atoms with Crippen LogP contribution in [0.15, 0.2) is 48.5 Å². The summed E-state index contributed by atoms with van der Waals surface area (Å²) in [5.41, 5.74) is 2.61. The molecule has 0 fully saturated rings. The second kappa shape index (κ2) is 10.5. The first-order chi connectivity index (χ1) is 12.2. The highest BCUT2D eigenvalue weighted by Crippen LogP contribution is 2.15. The van der Waals surface area contributed by atoms with Crippen molar-refractivity contribution in [3.63, 3.8) is 0 Å². The van der Waals surface area contributed by atoms with Crippen LogP contribution in [0.1, 0.15) is 61.4 Å². The van der Waals surface area contributed by atoms with Crippen molar-refractivity contribution in [3.8, 4) is 5.75 Å². The van der Waals surface area contributed by atoms with Gasteiger partial charge in [-0.2, -0.15) is 0 Å². The van der Waals surface area contributed by atoms with Gasteiger partial charge in [0.1, 0.15) is 5.75 Å². The molecule has 0 aliphatic heterocycles. The van der Waals surface area contributed by atoms with Gasteiger partial charge in [0.05, 0.1) is 6.61 Å². The van der Waals surface area contributed by atoms with E-state index in [2.05, 4.69) is 12.2 Å². The average molecular weight is 339 g/mol. The van der Waals surface area contributed by atoms with E-state index < -0.39 is 0 Å². The lowest BCUT2D eigenvalue weighted by molar-refractivity contribution is 0.102. The van der Waals surface area contributed by atoms with Crippen LogP contribution in [0.3, 0.4) is 0 Å². The molecule has 0 atom stereocenters. The van der Waals surface area contributed by atoms with Gasteiger partial charge in [-0.3, -0.25) is 4.79 Å². The molecule has 0 radical (unpaired) electrons. The first kappa shape index (κ1) is 19.0. The van der Waals surface area contributed by atoms with Gasteiger partial charge in [-0.25, -0.2) is 0 Å². The lowest BCUT2D eigenvalue weighted by Crippen LogP contribution is -2.11. The van der Waals surface area contributed by atoms with E-state index in [1.54, 1.807) is 12.1 Å². The smallest absolute Gasteiger partial charge is 0.255 e. The number of aryl methyl sites for hydroxylation is 1. The topological polar surface area (TPSA) is 38.3 Å². The van der Waals surface area contributed by atoms with Gasteiger partial charge in [0.25, 0.3) is 5.91 Å². The third-order valence-electron chi connectivity index (χ3n) is 4.19. The summed E-state index contributed by atoms with van der Waals surface area (Å²) in [6.07, 6.45) is 7.51. The maximum Gasteiger partial charge on any atom is 0.255 e.